The van der Waals surface area contributed by atoms with Gasteiger partial charge in [0, 0.05) is 18.0 Å². The second-order valence-corrected chi connectivity index (χ2v) is 8.14. The molecule has 1 aliphatic rings. The maximum Gasteiger partial charge on any atom is 0.191 e. The van der Waals surface area contributed by atoms with Crippen molar-refractivity contribution in [2.24, 2.45) is 4.99 Å². The monoisotopic (exact) mass is 416 g/mol. The summed E-state index contributed by atoms with van der Waals surface area (Å²) in [6.45, 7) is 6.20. The molecule has 2 heterocycles. The molecule has 0 aliphatic carbocycles. The molecule has 29 heavy (non-hydrogen) atoms. The van der Waals surface area contributed by atoms with Crippen molar-refractivity contribution in [3.8, 4) is 5.75 Å². The summed E-state index contributed by atoms with van der Waals surface area (Å²) in [6.07, 6.45) is 1.91. The van der Waals surface area contributed by atoms with Gasteiger partial charge >= 0.3 is 0 Å². The van der Waals surface area contributed by atoms with E-state index in [-0.39, 0.29) is 0 Å². The molecule has 0 saturated carbocycles. The lowest BCUT2D eigenvalue weighted by Crippen LogP contribution is -2.40. The lowest BCUT2D eigenvalue weighted by molar-refractivity contribution is 0.180. The first-order valence-corrected chi connectivity index (χ1v) is 11.2. The van der Waals surface area contributed by atoms with E-state index in [1.54, 1.807) is 18.4 Å². The zero-order valence-corrected chi connectivity index (χ0v) is 18.1. The molecule has 1 aromatic carbocycles. The van der Waals surface area contributed by atoms with Crippen molar-refractivity contribution in [1.82, 2.24) is 15.5 Å². The highest BCUT2D eigenvalue weighted by Gasteiger charge is 2.24. The number of hydrogen-bond acceptors (Lipinski definition) is 5. The number of methoxy groups -OCH3 is 1. The number of hydrogen-bond donors (Lipinski definition) is 3. The van der Waals surface area contributed by atoms with E-state index in [2.05, 4.69) is 33.0 Å². The van der Waals surface area contributed by atoms with E-state index in [0.29, 0.717) is 19.1 Å². The number of guanidine groups is 1. The van der Waals surface area contributed by atoms with Crippen molar-refractivity contribution in [2.75, 3.05) is 39.8 Å². The minimum atomic E-state index is -0.614. The summed E-state index contributed by atoms with van der Waals surface area (Å²) >= 11 is 1.80. The standard InChI is InChI=1S/C22H32N4O2S/c1-3-23-22(25-16-20(27)17-8-10-18(28-2)11-9-17)24-15-19(21-7-6-14-29-21)26-12-4-5-13-26/h6-11,14,19-20,27H,3-5,12-13,15-16H2,1-2H3,(H2,23,24,25). The van der Waals surface area contributed by atoms with Gasteiger partial charge in [-0.15, -0.1) is 11.3 Å². The van der Waals surface area contributed by atoms with Crippen LogP contribution in [0.3, 0.4) is 0 Å². The molecule has 1 saturated heterocycles. The Morgan fingerprint density at radius 1 is 1.21 bits per heavy atom. The van der Waals surface area contributed by atoms with Crippen molar-refractivity contribution in [3.05, 3.63) is 52.2 Å². The zero-order chi connectivity index (χ0) is 20.5. The van der Waals surface area contributed by atoms with E-state index >= 15 is 0 Å². The van der Waals surface area contributed by atoms with Gasteiger partial charge in [-0.25, -0.2) is 0 Å². The maximum absolute atomic E-state index is 10.5. The van der Waals surface area contributed by atoms with Crippen LogP contribution in [0.15, 0.2) is 46.8 Å². The van der Waals surface area contributed by atoms with Gasteiger partial charge in [0.2, 0.25) is 0 Å². The van der Waals surface area contributed by atoms with Crippen LogP contribution < -0.4 is 15.4 Å². The number of aliphatic imine (C=N–C) groups is 1. The van der Waals surface area contributed by atoms with Crippen LogP contribution in [0, 0.1) is 0 Å². The number of aliphatic hydroxyl groups excluding tert-OH is 1. The van der Waals surface area contributed by atoms with Crippen LogP contribution in [0.1, 0.15) is 42.4 Å². The van der Waals surface area contributed by atoms with Gasteiger partial charge < -0.3 is 20.5 Å². The summed E-state index contributed by atoms with van der Waals surface area (Å²) in [5.41, 5.74) is 0.850. The summed E-state index contributed by atoms with van der Waals surface area (Å²) in [5, 5.41) is 19.2. The second kappa shape index (κ2) is 11.2. The number of nitrogens with zero attached hydrogens (tertiary/aromatic N) is 2. The molecule has 0 bridgehead atoms. The van der Waals surface area contributed by atoms with Crippen LogP contribution in [0.25, 0.3) is 0 Å². The van der Waals surface area contributed by atoms with Gasteiger partial charge in [0.05, 0.1) is 25.8 Å². The van der Waals surface area contributed by atoms with Gasteiger partial charge in [0.15, 0.2) is 5.96 Å². The van der Waals surface area contributed by atoms with E-state index < -0.39 is 6.10 Å². The van der Waals surface area contributed by atoms with E-state index in [9.17, 15) is 5.11 Å². The third kappa shape index (κ3) is 6.19. The van der Waals surface area contributed by atoms with Crippen LogP contribution in [0.2, 0.25) is 0 Å². The molecule has 2 atom stereocenters. The molecule has 158 valence electrons. The summed E-state index contributed by atoms with van der Waals surface area (Å²) in [6, 6.07) is 12.1. The van der Waals surface area contributed by atoms with Gasteiger partial charge in [-0.1, -0.05) is 18.2 Å². The largest absolute Gasteiger partial charge is 0.497 e. The summed E-state index contributed by atoms with van der Waals surface area (Å²) in [5.74, 6) is 1.52. The van der Waals surface area contributed by atoms with Crippen LogP contribution in [0.4, 0.5) is 0 Å². The number of ether oxygens (including phenoxy) is 1. The van der Waals surface area contributed by atoms with Crippen LogP contribution in [0.5, 0.6) is 5.75 Å². The molecular weight excluding hydrogens is 384 g/mol. The average molecular weight is 417 g/mol. The van der Waals surface area contributed by atoms with Gasteiger partial charge in [0.1, 0.15) is 5.75 Å². The summed E-state index contributed by atoms with van der Waals surface area (Å²) in [4.78, 5) is 8.73. The fourth-order valence-electron chi connectivity index (χ4n) is 3.58. The van der Waals surface area contributed by atoms with Crippen LogP contribution >= 0.6 is 11.3 Å². The van der Waals surface area contributed by atoms with E-state index in [1.807, 2.05) is 31.2 Å². The van der Waals surface area contributed by atoms with Crippen molar-refractivity contribution < 1.29 is 9.84 Å². The fraction of sp³-hybridized carbons (Fsp3) is 0.500. The average Bonchev–Trinajstić information content (AvgIpc) is 3.47. The van der Waals surface area contributed by atoms with Gasteiger partial charge in [-0.3, -0.25) is 9.89 Å². The Morgan fingerprint density at radius 3 is 2.59 bits per heavy atom. The minimum absolute atomic E-state index is 0.319. The molecule has 0 radical (unpaired) electrons. The topological polar surface area (TPSA) is 69.1 Å². The molecule has 1 aliphatic heterocycles. The highest BCUT2D eigenvalue weighted by atomic mass is 32.1. The smallest absolute Gasteiger partial charge is 0.191 e. The molecule has 1 aromatic heterocycles. The molecule has 1 fully saturated rings. The molecule has 6 nitrogen and oxygen atoms in total. The van der Waals surface area contributed by atoms with E-state index in [1.165, 1.54) is 17.7 Å². The normalized spacial score (nSPS) is 17.1. The first-order chi connectivity index (χ1) is 14.2. The Balaban J connectivity index is 1.61. The molecule has 3 rings (SSSR count). The molecular formula is C22H32N4O2S. The van der Waals surface area contributed by atoms with Crippen molar-refractivity contribution in [1.29, 1.82) is 0 Å². The molecule has 0 amide bonds. The van der Waals surface area contributed by atoms with Gasteiger partial charge in [-0.05, 0) is 62.0 Å². The highest BCUT2D eigenvalue weighted by molar-refractivity contribution is 7.10. The number of aliphatic hydroxyl groups is 1. The first kappa shape index (κ1) is 21.6. The van der Waals surface area contributed by atoms with E-state index in [4.69, 9.17) is 9.73 Å². The maximum atomic E-state index is 10.5. The Kier molecular flexibility index (Phi) is 8.34. The summed E-state index contributed by atoms with van der Waals surface area (Å²) < 4.78 is 5.18. The molecule has 3 N–H and O–H groups in total. The predicted octanol–water partition coefficient (Wildman–Crippen LogP) is 3.18. The SMILES string of the molecule is CCNC(=NCC(c1cccs1)N1CCCC1)NCC(O)c1ccc(OC)cc1. The Bertz CT molecular complexity index is 743. The van der Waals surface area contributed by atoms with Gasteiger partial charge in [-0.2, -0.15) is 0 Å². The highest BCUT2D eigenvalue weighted by Crippen LogP contribution is 2.28. The van der Waals surface area contributed by atoms with Gasteiger partial charge in [0.25, 0.3) is 0 Å². The number of likely N-dealkylation sites (tertiary alicyclic amines) is 1. The quantitative estimate of drug-likeness (QED) is 0.433. The molecule has 2 unspecified atom stereocenters. The third-order valence-electron chi connectivity index (χ3n) is 5.18. The van der Waals surface area contributed by atoms with Crippen molar-refractivity contribution in [3.63, 3.8) is 0 Å². The number of nitrogens with one attached hydrogen (secondary N) is 2. The summed E-state index contributed by atoms with van der Waals surface area (Å²) in [7, 11) is 1.64. The van der Waals surface area contributed by atoms with Crippen molar-refractivity contribution in [2.45, 2.75) is 31.9 Å². The van der Waals surface area contributed by atoms with Crippen LogP contribution in [-0.4, -0.2) is 55.8 Å². The van der Waals surface area contributed by atoms with Crippen molar-refractivity contribution >= 4 is 17.3 Å². The minimum Gasteiger partial charge on any atom is -0.497 e. The number of benzene rings is 1. The second-order valence-electron chi connectivity index (χ2n) is 7.16. The van der Waals surface area contributed by atoms with E-state index in [0.717, 1.165) is 36.9 Å². The molecule has 2 aromatic rings. The number of thiophene rings is 1. The third-order valence-corrected chi connectivity index (χ3v) is 6.16. The lowest BCUT2D eigenvalue weighted by atomic mass is 10.1. The Hall–Kier alpha value is -2.09. The molecule has 7 heteroatoms. The number of rotatable bonds is 9. The Morgan fingerprint density at radius 2 is 1.97 bits per heavy atom. The Labute approximate surface area is 177 Å². The lowest BCUT2D eigenvalue weighted by Gasteiger charge is -2.25. The predicted molar refractivity (Wildman–Crippen MR) is 120 cm³/mol. The van der Waals surface area contributed by atoms with Crippen LogP contribution in [-0.2, 0) is 0 Å². The fourth-order valence-corrected chi connectivity index (χ4v) is 4.43. The molecule has 0 spiro atoms. The first-order valence-electron chi connectivity index (χ1n) is 10.3. The zero-order valence-electron chi connectivity index (χ0n) is 17.3.